The van der Waals surface area contributed by atoms with Crippen molar-refractivity contribution in [3.63, 3.8) is 0 Å². The molecule has 5 atom stereocenters. The van der Waals surface area contributed by atoms with E-state index >= 15 is 0 Å². The van der Waals surface area contributed by atoms with Crippen molar-refractivity contribution in [2.45, 2.75) is 496 Å². The van der Waals surface area contributed by atoms with Crippen LogP contribution in [0.2, 0.25) is 0 Å². The van der Waals surface area contributed by atoms with Crippen molar-refractivity contribution < 1.29 is 80.2 Å². The Hall–Kier alpha value is -1.94. The summed E-state index contributed by atoms with van der Waals surface area (Å²) in [7, 11) is -9.93. The molecular weight excluding hydrogens is 1400 g/mol. The minimum absolute atomic E-state index is 0.108. The third-order valence-electron chi connectivity index (χ3n) is 21.0. The molecule has 108 heavy (non-hydrogen) atoms. The summed E-state index contributed by atoms with van der Waals surface area (Å²) in [4.78, 5) is 73.3. The van der Waals surface area contributed by atoms with Gasteiger partial charge in [-0.05, 0) is 37.5 Å². The Morgan fingerprint density at radius 3 is 0.630 bits per heavy atom. The lowest BCUT2D eigenvalue weighted by Crippen LogP contribution is -2.30. The number of rotatable bonds is 88. The fraction of sp³-hybridized carbons (Fsp3) is 0.955. The van der Waals surface area contributed by atoms with Crippen LogP contribution in [0.15, 0.2) is 0 Å². The van der Waals surface area contributed by atoms with Gasteiger partial charge in [-0.25, -0.2) is 9.13 Å². The molecule has 0 saturated heterocycles. The zero-order valence-electron chi connectivity index (χ0n) is 71.2. The van der Waals surface area contributed by atoms with Gasteiger partial charge in [0.15, 0.2) is 12.2 Å². The second-order valence-electron chi connectivity index (χ2n) is 32.9. The van der Waals surface area contributed by atoms with Gasteiger partial charge in [-0.2, -0.15) is 0 Å². The van der Waals surface area contributed by atoms with E-state index in [9.17, 15) is 43.2 Å². The van der Waals surface area contributed by atoms with Gasteiger partial charge in [0.25, 0.3) is 0 Å². The molecule has 0 aliphatic carbocycles. The van der Waals surface area contributed by atoms with Gasteiger partial charge in [0.1, 0.15) is 19.3 Å². The van der Waals surface area contributed by atoms with Crippen LogP contribution in [0.1, 0.15) is 478 Å². The molecular formula is C89H174O17P2. The first-order chi connectivity index (χ1) is 52.4. The van der Waals surface area contributed by atoms with Gasteiger partial charge in [-0.15, -0.1) is 0 Å². The predicted molar refractivity (Wildman–Crippen MR) is 446 cm³/mol. The van der Waals surface area contributed by atoms with Gasteiger partial charge < -0.3 is 33.8 Å². The first-order valence-corrected chi connectivity index (χ1v) is 49.0. The van der Waals surface area contributed by atoms with Crippen molar-refractivity contribution in [3.8, 4) is 0 Å². The minimum Gasteiger partial charge on any atom is -0.462 e. The van der Waals surface area contributed by atoms with Crippen molar-refractivity contribution in [2.75, 3.05) is 39.6 Å². The van der Waals surface area contributed by atoms with Crippen LogP contribution in [-0.4, -0.2) is 96.7 Å². The number of phosphoric acid groups is 2. The van der Waals surface area contributed by atoms with Crippen LogP contribution in [-0.2, 0) is 65.4 Å². The number of ether oxygens (including phenoxy) is 4. The lowest BCUT2D eigenvalue weighted by atomic mass is 10.0. The molecule has 0 aromatic heterocycles. The molecule has 0 aromatic carbocycles. The second kappa shape index (κ2) is 80.3. The number of carbonyl (C=O) groups excluding carboxylic acids is 4. The summed E-state index contributed by atoms with van der Waals surface area (Å²) in [6, 6.07) is 0. The van der Waals surface area contributed by atoms with Crippen molar-refractivity contribution in [1.29, 1.82) is 0 Å². The normalized spacial score (nSPS) is 13.8. The fourth-order valence-electron chi connectivity index (χ4n) is 14.0. The molecule has 19 heteroatoms. The number of esters is 4. The summed E-state index contributed by atoms with van der Waals surface area (Å²) in [6.07, 6.45) is 74.0. The molecule has 0 aromatic rings. The van der Waals surface area contributed by atoms with E-state index < -0.39 is 97.5 Å². The van der Waals surface area contributed by atoms with Crippen LogP contribution < -0.4 is 0 Å². The van der Waals surface area contributed by atoms with E-state index in [1.54, 1.807) is 0 Å². The minimum atomic E-state index is -4.97. The first-order valence-electron chi connectivity index (χ1n) is 46.0. The number of carbonyl (C=O) groups is 4. The number of aliphatic hydroxyl groups is 1. The van der Waals surface area contributed by atoms with Crippen LogP contribution in [0.3, 0.4) is 0 Å². The third-order valence-corrected chi connectivity index (χ3v) is 22.9. The number of hydrogen-bond donors (Lipinski definition) is 3. The van der Waals surface area contributed by atoms with E-state index in [1.807, 2.05) is 0 Å². The molecule has 0 heterocycles. The van der Waals surface area contributed by atoms with E-state index in [0.717, 1.165) is 102 Å². The highest BCUT2D eigenvalue weighted by Gasteiger charge is 2.31. The Bertz CT molecular complexity index is 2060. The highest BCUT2D eigenvalue weighted by molar-refractivity contribution is 7.47. The molecule has 0 rings (SSSR count). The maximum Gasteiger partial charge on any atom is 0.472 e. The molecule has 3 N–H and O–H groups in total. The lowest BCUT2D eigenvalue weighted by molar-refractivity contribution is -0.161. The molecule has 0 bridgehead atoms. The largest absolute Gasteiger partial charge is 0.472 e. The zero-order chi connectivity index (χ0) is 79.2. The van der Waals surface area contributed by atoms with E-state index in [2.05, 4.69) is 41.5 Å². The second-order valence-corrected chi connectivity index (χ2v) is 35.8. The summed E-state index contributed by atoms with van der Waals surface area (Å²) in [5, 5.41) is 10.7. The standard InChI is InChI=1S/C89H174O17P2/c1-7-9-11-13-15-17-19-21-23-25-27-28-29-30-32-38-42-46-50-54-62-67-73-88(93)105-84(77-99-86(91)71-65-59-52-48-44-40-36-34-33-35-39-43-47-51-57-63-69-81(3)4)79-103-107(95,96)101-75-83(90)76-102-108(97,98)104-80-85(78-100-87(92)72-66-60-56-55-58-64-70-82(5)6)106-89(94)74-68-61-53-49-45-41-37-31-26-24-22-20-18-16-14-12-10-8-2/h81-85,90H,7-80H2,1-6H3,(H,95,96)(H,97,98)/t83-,84-,85-/m1/s1. The summed E-state index contributed by atoms with van der Waals surface area (Å²) >= 11 is 0. The van der Waals surface area contributed by atoms with Gasteiger partial charge in [-0.1, -0.05) is 427 Å². The average Bonchev–Trinajstić information content (AvgIpc) is 0.899. The first kappa shape index (κ1) is 106. The summed E-state index contributed by atoms with van der Waals surface area (Å²) < 4.78 is 68.9. The quantitative estimate of drug-likeness (QED) is 0.0222. The van der Waals surface area contributed by atoms with Crippen molar-refractivity contribution in [2.24, 2.45) is 11.8 Å². The number of hydrogen-bond acceptors (Lipinski definition) is 15. The Morgan fingerprint density at radius 2 is 0.426 bits per heavy atom. The molecule has 0 spiro atoms. The monoisotopic (exact) mass is 1580 g/mol. The van der Waals surface area contributed by atoms with E-state index in [1.165, 1.54) is 289 Å². The Labute approximate surface area is 664 Å². The maximum absolute atomic E-state index is 13.2. The highest BCUT2D eigenvalue weighted by atomic mass is 31.2. The van der Waals surface area contributed by atoms with Crippen molar-refractivity contribution in [3.05, 3.63) is 0 Å². The molecule has 2 unspecified atom stereocenters. The fourth-order valence-corrected chi connectivity index (χ4v) is 15.5. The smallest absolute Gasteiger partial charge is 0.462 e. The SMILES string of the molecule is CCCCCCCCCCCCCCCCCCCCCCCCC(=O)O[C@H](COC(=O)CCCCCCCCCCCCCCCCCCC(C)C)COP(=O)(O)OC[C@@H](O)COP(=O)(O)OC[C@@H](COC(=O)CCCCCCCCC(C)C)OC(=O)CCCCCCCCCCCCCCCCCCCC. The number of unbranched alkanes of at least 4 members (excludes halogenated alkanes) is 58. The van der Waals surface area contributed by atoms with Crippen LogP contribution in [0.25, 0.3) is 0 Å². The maximum atomic E-state index is 13.2. The van der Waals surface area contributed by atoms with Gasteiger partial charge in [-0.3, -0.25) is 37.3 Å². The molecule has 0 amide bonds. The van der Waals surface area contributed by atoms with Crippen LogP contribution in [0.5, 0.6) is 0 Å². The van der Waals surface area contributed by atoms with Gasteiger partial charge in [0.05, 0.1) is 26.4 Å². The van der Waals surface area contributed by atoms with Crippen LogP contribution in [0, 0.1) is 11.8 Å². The van der Waals surface area contributed by atoms with Crippen molar-refractivity contribution in [1.82, 2.24) is 0 Å². The lowest BCUT2D eigenvalue weighted by Gasteiger charge is -2.21. The molecule has 0 radical (unpaired) electrons. The third kappa shape index (κ3) is 82.1. The van der Waals surface area contributed by atoms with Crippen LogP contribution in [0.4, 0.5) is 0 Å². The Kier molecular flexibility index (Phi) is 78.8. The molecule has 0 aliphatic heterocycles. The van der Waals surface area contributed by atoms with Crippen molar-refractivity contribution >= 4 is 39.5 Å². The Balaban J connectivity index is 5.20. The number of phosphoric ester groups is 2. The van der Waals surface area contributed by atoms with Gasteiger partial charge in [0.2, 0.25) is 0 Å². The van der Waals surface area contributed by atoms with Crippen LogP contribution >= 0.6 is 15.6 Å². The molecule has 0 aliphatic rings. The topological polar surface area (TPSA) is 237 Å². The average molecular weight is 1580 g/mol. The van der Waals surface area contributed by atoms with E-state index in [-0.39, 0.29) is 25.7 Å². The predicted octanol–water partition coefficient (Wildman–Crippen LogP) is 27.4. The summed E-state index contributed by atoms with van der Waals surface area (Å²) in [5.74, 6) is -0.610. The van der Waals surface area contributed by atoms with E-state index in [4.69, 9.17) is 37.0 Å². The molecule has 17 nitrogen and oxygen atoms in total. The molecule has 0 saturated carbocycles. The summed E-state index contributed by atoms with van der Waals surface area (Å²) in [5.41, 5.74) is 0. The number of aliphatic hydroxyl groups excluding tert-OH is 1. The zero-order valence-corrected chi connectivity index (χ0v) is 73.0. The van der Waals surface area contributed by atoms with Gasteiger partial charge in [0, 0.05) is 25.7 Å². The van der Waals surface area contributed by atoms with Gasteiger partial charge >= 0.3 is 39.5 Å². The summed E-state index contributed by atoms with van der Waals surface area (Å²) in [6.45, 7) is 9.64. The Morgan fingerprint density at radius 1 is 0.250 bits per heavy atom. The molecule has 642 valence electrons. The molecule has 0 fully saturated rings. The van der Waals surface area contributed by atoms with E-state index in [0.29, 0.717) is 31.6 Å². The highest BCUT2D eigenvalue weighted by Crippen LogP contribution is 2.45.